The molecule has 0 aliphatic rings. The van der Waals surface area contributed by atoms with Crippen molar-refractivity contribution in [2.45, 2.75) is 290 Å². The molecule has 382 valence electrons. The molecular formula is C60H106O6. The third kappa shape index (κ3) is 52.1. The molecule has 6 nitrogen and oxygen atoms in total. The SMILES string of the molecule is CCCCC/C=C/C/C=C/C/C=C/C/C=C/CCCCCC(=O)OC[C@@H](COC(=O)CCCCCCC/C=C/CCCCCC)OC(=O)CCCCCCCCCCCCCCCCCC. The summed E-state index contributed by atoms with van der Waals surface area (Å²) in [4.78, 5) is 38.1. The molecule has 0 rings (SSSR count). The maximum Gasteiger partial charge on any atom is 0.306 e. The monoisotopic (exact) mass is 923 g/mol. The first-order valence-corrected chi connectivity index (χ1v) is 28.3. The van der Waals surface area contributed by atoms with E-state index < -0.39 is 6.10 Å². The zero-order valence-corrected chi connectivity index (χ0v) is 43.7. The lowest BCUT2D eigenvalue weighted by atomic mass is 10.0. The van der Waals surface area contributed by atoms with Gasteiger partial charge in [0.25, 0.3) is 0 Å². The highest BCUT2D eigenvalue weighted by Crippen LogP contribution is 2.16. The molecule has 0 aromatic rings. The van der Waals surface area contributed by atoms with E-state index in [1.807, 2.05) is 0 Å². The summed E-state index contributed by atoms with van der Waals surface area (Å²) in [5.74, 6) is -0.915. The summed E-state index contributed by atoms with van der Waals surface area (Å²) in [6.45, 7) is 6.59. The molecule has 6 heteroatoms. The molecule has 1 atom stereocenters. The van der Waals surface area contributed by atoms with E-state index in [0.29, 0.717) is 19.3 Å². The zero-order valence-electron chi connectivity index (χ0n) is 43.7. The molecule has 0 aromatic carbocycles. The number of hydrogen-bond donors (Lipinski definition) is 0. The van der Waals surface area contributed by atoms with Crippen LogP contribution in [-0.4, -0.2) is 37.2 Å². The van der Waals surface area contributed by atoms with Gasteiger partial charge < -0.3 is 14.2 Å². The van der Waals surface area contributed by atoms with Crippen LogP contribution in [0.1, 0.15) is 284 Å². The highest BCUT2D eigenvalue weighted by atomic mass is 16.6. The molecule has 66 heavy (non-hydrogen) atoms. The highest BCUT2D eigenvalue weighted by molar-refractivity contribution is 5.71. The number of hydrogen-bond acceptors (Lipinski definition) is 6. The Balaban J connectivity index is 4.42. The normalized spacial score (nSPS) is 12.5. The Morgan fingerprint density at radius 1 is 0.303 bits per heavy atom. The lowest BCUT2D eigenvalue weighted by Gasteiger charge is -2.18. The van der Waals surface area contributed by atoms with Crippen molar-refractivity contribution in [2.75, 3.05) is 13.2 Å². The van der Waals surface area contributed by atoms with Gasteiger partial charge in [-0.15, -0.1) is 0 Å². The molecular weight excluding hydrogens is 817 g/mol. The van der Waals surface area contributed by atoms with Gasteiger partial charge in [0.05, 0.1) is 0 Å². The van der Waals surface area contributed by atoms with E-state index in [9.17, 15) is 14.4 Å². The first kappa shape index (κ1) is 63.1. The van der Waals surface area contributed by atoms with Crippen molar-refractivity contribution in [3.8, 4) is 0 Å². The summed E-state index contributed by atoms with van der Waals surface area (Å²) in [6.07, 6.45) is 67.7. The number of ether oxygens (including phenoxy) is 3. The molecule has 0 radical (unpaired) electrons. The fourth-order valence-corrected chi connectivity index (χ4v) is 7.95. The summed E-state index contributed by atoms with van der Waals surface area (Å²) in [7, 11) is 0. The van der Waals surface area contributed by atoms with Crippen molar-refractivity contribution >= 4 is 17.9 Å². The Bertz CT molecular complexity index is 1200. The van der Waals surface area contributed by atoms with Gasteiger partial charge in [0.2, 0.25) is 0 Å². The predicted molar refractivity (Wildman–Crippen MR) is 284 cm³/mol. The van der Waals surface area contributed by atoms with Crippen LogP contribution < -0.4 is 0 Å². The number of carbonyl (C=O) groups is 3. The maximum absolute atomic E-state index is 12.8. The van der Waals surface area contributed by atoms with E-state index in [-0.39, 0.29) is 31.1 Å². The summed E-state index contributed by atoms with van der Waals surface area (Å²) in [5, 5.41) is 0. The van der Waals surface area contributed by atoms with Gasteiger partial charge in [0.15, 0.2) is 6.10 Å². The van der Waals surface area contributed by atoms with Gasteiger partial charge in [0.1, 0.15) is 13.2 Å². The van der Waals surface area contributed by atoms with Crippen molar-refractivity contribution in [3.63, 3.8) is 0 Å². The lowest BCUT2D eigenvalue weighted by molar-refractivity contribution is -0.167. The molecule has 0 fully saturated rings. The number of rotatable bonds is 51. The van der Waals surface area contributed by atoms with E-state index in [1.165, 1.54) is 154 Å². The Hall–Kier alpha value is -2.89. The second kappa shape index (κ2) is 54.7. The van der Waals surface area contributed by atoms with Crippen LogP contribution in [-0.2, 0) is 28.6 Å². The summed E-state index contributed by atoms with van der Waals surface area (Å²) < 4.78 is 16.8. The minimum absolute atomic E-state index is 0.0866. The maximum atomic E-state index is 12.8. The minimum atomic E-state index is -0.788. The molecule has 0 N–H and O–H groups in total. The molecule has 0 aromatic heterocycles. The summed E-state index contributed by atoms with van der Waals surface area (Å²) >= 11 is 0. The van der Waals surface area contributed by atoms with Gasteiger partial charge in [-0.3, -0.25) is 14.4 Å². The molecule has 0 bridgehead atoms. The molecule has 0 aliphatic carbocycles. The van der Waals surface area contributed by atoms with Crippen molar-refractivity contribution in [1.29, 1.82) is 0 Å². The molecule has 0 spiro atoms. The van der Waals surface area contributed by atoms with E-state index in [2.05, 4.69) is 81.5 Å². The van der Waals surface area contributed by atoms with E-state index in [1.54, 1.807) is 0 Å². The third-order valence-corrected chi connectivity index (χ3v) is 12.2. The van der Waals surface area contributed by atoms with Crippen LogP contribution in [0.3, 0.4) is 0 Å². The van der Waals surface area contributed by atoms with Crippen LogP contribution in [0.25, 0.3) is 0 Å². The average Bonchev–Trinajstić information content (AvgIpc) is 3.31. The van der Waals surface area contributed by atoms with Gasteiger partial charge in [-0.05, 0) is 89.9 Å². The van der Waals surface area contributed by atoms with Crippen LogP contribution in [0, 0.1) is 0 Å². The largest absolute Gasteiger partial charge is 0.462 e. The van der Waals surface area contributed by atoms with Crippen LogP contribution >= 0.6 is 0 Å². The average molecular weight is 924 g/mol. The first-order valence-electron chi connectivity index (χ1n) is 28.3. The Morgan fingerprint density at radius 3 is 0.924 bits per heavy atom. The summed E-state index contributed by atoms with van der Waals surface area (Å²) in [6, 6.07) is 0. The van der Waals surface area contributed by atoms with Gasteiger partial charge in [0, 0.05) is 19.3 Å². The molecule has 0 unspecified atom stereocenters. The number of carbonyl (C=O) groups excluding carboxylic acids is 3. The lowest BCUT2D eigenvalue weighted by Crippen LogP contribution is -2.30. The summed E-state index contributed by atoms with van der Waals surface area (Å²) in [5.41, 5.74) is 0. The second-order valence-corrected chi connectivity index (χ2v) is 18.8. The van der Waals surface area contributed by atoms with Crippen LogP contribution in [0.15, 0.2) is 60.8 Å². The smallest absolute Gasteiger partial charge is 0.306 e. The van der Waals surface area contributed by atoms with Crippen LogP contribution in [0.5, 0.6) is 0 Å². The van der Waals surface area contributed by atoms with Crippen LogP contribution in [0.4, 0.5) is 0 Å². The minimum Gasteiger partial charge on any atom is -0.462 e. The van der Waals surface area contributed by atoms with Gasteiger partial charge in [-0.2, -0.15) is 0 Å². The Labute approximate surface area is 409 Å². The Morgan fingerprint density at radius 2 is 0.545 bits per heavy atom. The molecule has 0 saturated heterocycles. The van der Waals surface area contributed by atoms with Gasteiger partial charge in [-0.25, -0.2) is 0 Å². The van der Waals surface area contributed by atoms with Gasteiger partial charge in [-0.1, -0.05) is 236 Å². The van der Waals surface area contributed by atoms with E-state index in [0.717, 1.165) is 89.9 Å². The number of esters is 3. The molecule has 0 aliphatic heterocycles. The number of allylic oxidation sites excluding steroid dienone is 10. The third-order valence-electron chi connectivity index (χ3n) is 12.2. The predicted octanol–water partition coefficient (Wildman–Crippen LogP) is 18.8. The van der Waals surface area contributed by atoms with Gasteiger partial charge >= 0.3 is 17.9 Å². The molecule has 0 heterocycles. The number of unbranched alkanes of at least 4 members (excludes halogenated alkanes) is 30. The van der Waals surface area contributed by atoms with E-state index >= 15 is 0 Å². The standard InChI is InChI=1S/C60H106O6/c1-4-7-10-13-16-19-22-25-27-29-30-31-33-35-38-41-44-47-50-53-59(62)65-56-57(55-64-58(61)52-49-46-43-40-37-34-24-21-18-15-12-9-6-3)66-60(63)54-51-48-45-42-39-36-32-28-26-23-20-17-14-11-8-5-2/h16,19,21,24-25,27,30-31,35,38,57H,4-15,17-18,20,22-23,26,28-29,32-34,36-37,39-56H2,1-3H3/b19-16+,24-21+,27-25+,31-30+,38-35+/t57-/m1/s1. The Kier molecular flexibility index (Phi) is 52.3. The first-order chi connectivity index (χ1) is 32.5. The van der Waals surface area contributed by atoms with E-state index in [4.69, 9.17) is 14.2 Å². The van der Waals surface area contributed by atoms with Crippen molar-refractivity contribution in [3.05, 3.63) is 60.8 Å². The van der Waals surface area contributed by atoms with Crippen LogP contribution in [0.2, 0.25) is 0 Å². The van der Waals surface area contributed by atoms with Crippen molar-refractivity contribution in [2.24, 2.45) is 0 Å². The topological polar surface area (TPSA) is 78.9 Å². The fourth-order valence-electron chi connectivity index (χ4n) is 7.95. The van der Waals surface area contributed by atoms with Crippen molar-refractivity contribution < 1.29 is 28.6 Å². The molecule has 0 saturated carbocycles. The second-order valence-electron chi connectivity index (χ2n) is 18.8. The quantitative estimate of drug-likeness (QED) is 0.0262. The highest BCUT2D eigenvalue weighted by Gasteiger charge is 2.19. The fraction of sp³-hybridized carbons (Fsp3) is 0.783. The van der Waals surface area contributed by atoms with Crippen molar-refractivity contribution in [1.82, 2.24) is 0 Å². The molecule has 0 amide bonds. The zero-order chi connectivity index (χ0) is 47.9.